The molecule has 0 unspecified atom stereocenters. The molecule has 1 saturated heterocycles. The molecule has 0 aliphatic carbocycles. The third-order valence-corrected chi connectivity index (χ3v) is 3.18. The summed E-state index contributed by atoms with van der Waals surface area (Å²) >= 11 is 0. The van der Waals surface area contributed by atoms with E-state index >= 15 is 0 Å². The van der Waals surface area contributed by atoms with Gasteiger partial charge in [-0.25, -0.2) is 0 Å². The molecule has 1 aliphatic rings. The zero-order valence-electron chi connectivity index (χ0n) is 10.9. The second kappa shape index (κ2) is 6.12. The quantitative estimate of drug-likeness (QED) is 0.776. The second-order valence-electron chi connectivity index (χ2n) is 4.89. The monoisotopic (exact) mass is 248 g/mol. The lowest BCUT2D eigenvalue weighted by Crippen LogP contribution is -2.29. The van der Waals surface area contributed by atoms with Crippen LogP contribution in [-0.4, -0.2) is 24.8 Å². The highest BCUT2D eigenvalue weighted by Gasteiger charge is 2.32. The summed E-state index contributed by atoms with van der Waals surface area (Å²) in [5.74, 6) is -0.459. The van der Waals surface area contributed by atoms with Crippen LogP contribution in [0.3, 0.4) is 0 Å². The summed E-state index contributed by atoms with van der Waals surface area (Å²) < 4.78 is 10.9. The molecule has 0 bridgehead atoms. The van der Waals surface area contributed by atoms with Gasteiger partial charge in [0.1, 0.15) is 5.78 Å². The Labute approximate surface area is 108 Å². The van der Waals surface area contributed by atoms with Crippen molar-refractivity contribution in [2.75, 3.05) is 13.2 Å². The van der Waals surface area contributed by atoms with Crippen molar-refractivity contribution in [1.29, 1.82) is 0 Å². The van der Waals surface area contributed by atoms with Crippen molar-refractivity contribution in [2.45, 2.75) is 38.4 Å². The van der Waals surface area contributed by atoms with Crippen molar-refractivity contribution in [2.24, 2.45) is 0 Å². The molecule has 1 aliphatic heterocycles. The van der Waals surface area contributed by atoms with Gasteiger partial charge in [-0.1, -0.05) is 30.3 Å². The number of benzene rings is 1. The highest BCUT2D eigenvalue weighted by Crippen LogP contribution is 2.23. The Hall–Kier alpha value is -1.19. The molecule has 1 aromatic rings. The van der Waals surface area contributed by atoms with Gasteiger partial charge in [0.15, 0.2) is 5.79 Å². The normalized spacial score (nSPS) is 17.8. The molecule has 1 aromatic carbocycles. The van der Waals surface area contributed by atoms with Crippen molar-refractivity contribution in [3.05, 3.63) is 35.9 Å². The summed E-state index contributed by atoms with van der Waals surface area (Å²) in [6.07, 6.45) is 2.79. The van der Waals surface area contributed by atoms with Crippen LogP contribution >= 0.6 is 0 Å². The molecule has 0 aromatic heterocycles. The summed E-state index contributed by atoms with van der Waals surface area (Å²) in [7, 11) is 0. The minimum Gasteiger partial charge on any atom is -0.347 e. The zero-order chi connectivity index (χ0) is 12.8. The molecule has 1 fully saturated rings. The Kier molecular flexibility index (Phi) is 4.50. The average molecular weight is 248 g/mol. The second-order valence-corrected chi connectivity index (χ2v) is 4.89. The number of hydrogen-bond acceptors (Lipinski definition) is 3. The minimum atomic E-state index is -0.677. The molecule has 0 N–H and O–H groups in total. The van der Waals surface area contributed by atoms with Gasteiger partial charge in [0.25, 0.3) is 0 Å². The summed E-state index contributed by atoms with van der Waals surface area (Å²) in [5.41, 5.74) is 1.28. The van der Waals surface area contributed by atoms with E-state index in [0.717, 1.165) is 12.8 Å². The van der Waals surface area contributed by atoms with Gasteiger partial charge in [0.2, 0.25) is 0 Å². The van der Waals surface area contributed by atoms with Gasteiger partial charge >= 0.3 is 0 Å². The molecule has 1 heterocycles. The highest BCUT2D eigenvalue weighted by atomic mass is 16.7. The number of ether oxygens (including phenoxy) is 2. The van der Waals surface area contributed by atoms with E-state index in [-0.39, 0.29) is 5.78 Å². The summed E-state index contributed by atoms with van der Waals surface area (Å²) in [6.45, 7) is 3.02. The fraction of sp³-hybridized carbons (Fsp3) is 0.533. The van der Waals surface area contributed by atoms with Crippen LogP contribution in [0, 0.1) is 0 Å². The number of rotatable bonds is 6. The first kappa shape index (κ1) is 13.2. The van der Waals surface area contributed by atoms with Crippen molar-refractivity contribution in [3.63, 3.8) is 0 Å². The molecule has 98 valence electrons. The number of carbonyl (C=O) groups excluding carboxylic acids is 1. The first-order valence-electron chi connectivity index (χ1n) is 6.51. The van der Waals surface area contributed by atoms with Gasteiger partial charge < -0.3 is 9.47 Å². The maximum atomic E-state index is 11.8. The van der Waals surface area contributed by atoms with E-state index in [1.165, 1.54) is 5.56 Å². The van der Waals surface area contributed by atoms with Crippen LogP contribution in [0.15, 0.2) is 30.3 Å². The molecule has 0 amide bonds. The van der Waals surface area contributed by atoms with Crippen molar-refractivity contribution < 1.29 is 14.3 Å². The average Bonchev–Trinajstić information content (AvgIpc) is 2.77. The van der Waals surface area contributed by atoms with Crippen molar-refractivity contribution in [3.8, 4) is 0 Å². The van der Waals surface area contributed by atoms with E-state index in [2.05, 4.69) is 12.1 Å². The first-order valence-corrected chi connectivity index (χ1v) is 6.51. The lowest BCUT2D eigenvalue weighted by atomic mass is 10.0. The maximum absolute atomic E-state index is 11.8. The van der Waals surface area contributed by atoms with Crippen LogP contribution in [0.4, 0.5) is 0 Å². The molecule has 0 saturated carbocycles. The number of hydrogen-bond donors (Lipinski definition) is 0. The molecule has 0 atom stereocenters. The summed E-state index contributed by atoms with van der Waals surface area (Å²) in [6, 6.07) is 10.2. The predicted octanol–water partition coefficient (Wildman–Crippen LogP) is 2.73. The van der Waals surface area contributed by atoms with Gasteiger partial charge in [-0.05, 0) is 25.3 Å². The van der Waals surface area contributed by atoms with Crippen LogP contribution < -0.4 is 0 Å². The molecule has 0 radical (unpaired) electrons. The zero-order valence-corrected chi connectivity index (χ0v) is 10.9. The van der Waals surface area contributed by atoms with E-state index in [4.69, 9.17) is 9.47 Å². The minimum absolute atomic E-state index is 0.218. The third-order valence-electron chi connectivity index (χ3n) is 3.18. The molecule has 0 spiro atoms. The summed E-state index contributed by atoms with van der Waals surface area (Å²) in [5, 5.41) is 0. The molecular weight excluding hydrogens is 228 g/mol. The molecule has 3 heteroatoms. The number of Topliss-reactive ketones (excluding diaryl/α,β-unsaturated/α-hetero) is 1. The predicted molar refractivity (Wildman–Crippen MR) is 69.3 cm³/mol. The van der Waals surface area contributed by atoms with Crippen molar-refractivity contribution in [1.82, 2.24) is 0 Å². The standard InChI is InChI=1S/C15H20O3/c1-15(17-10-11-18-15)12-14(16)9-5-8-13-6-3-2-4-7-13/h2-4,6-7H,5,8-12H2,1H3. The van der Waals surface area contributed by atoms with E-state index < -0.39 is 5.79 Å². The van der Waals surface area contributed by atoms with E-state index in [9.17, 15) is 4.79 Å². The smallest absolute Gasteiger partial charge is 0.172 e. The maximum Gasteiger partial charge on any atom is 0.172 e. The van der Waals surface area contributed by atoms with Gasteiger partial charge in [-0.3, -0.25) is 4.79 Å². The van der Waals surface area contributed by atoms with Gasteiger partial charge in [-0.15, -0.1) is 0 Å². The van der Waals surface area contributed by atoms with Crippen molar-refractivity contribution >= 4 is 5.78 Å². The highest BCUT2D eigenvalue weighted by molar-refractivity contribution is 5.79. The SMILES string of the molecule is CC1(CC(=O)CCCc2ccccc2)OCCO1. The number of ketones is 1. The van der Waals surface area contributed by atoms with Crippen LogP contribution in [0.2, 0.25) is 0 Å². The first-order chi connectivity index (χ1) is 8.68. The number of carbonyl (C=O) groups is 1. The van der Waals surface area contributed by atoms with Gasteiger partial charge in [0, 0.05) is 6.42 Å². The Morgan fingerprint density at radius 3 is 2.56 bits per heavy atom. The Morgan fingerprint density at radius 1 is 1.22 bits per heavy atom. The lowest BCUT2D eigenvalue weighted by Gasteiger charge is -2.21. The molecule has 3 nitrogen and oxygen atoms in total. The summed E-state index contributed by atoms with van der Waals surface area (Å²) in [4.78, 5) is 11.8. The number of aryl methyl sites for hydroxylation is 1. The lowest BCUT2D eigenvalue weighted by molar-refractivity contribution is -0.158. The Morgan fingerprint density at radius 2 is 1.89 bits per heavy atom. The third kappa shape index (κ3) is 3.93. The topological polar surface area (TPSA) is 35.5 Å². The molecule has 18 heavy (non-hydrogen) atoms. The largest absolute Gasteiger partial charge is 0.347 e. The van der Waals surface area contributed by atoms with Crippen LogP contribution in [0.1, 0.15) is 31.7 Å². The van der Waals surface area contributed by atoms with Crippen LogP contribution in [0.25, 0.3) is 0 Å². The van der Waals surface area contributed by atoms with E-state index in [0.29, 0.717) is 26.1 Å². The Bertz CT molecular complexity index is 380. The fourth-order valence-electron chi connectivity index (χ4n) is 2.24. The fourth-order valence-corrected chi connectivity index (χ4v) is 2.24. The molecular formula is C15H20O3. The molecule has 2 rings (SSSR count). The van der Waals surface area contributed by atoms with Crippen LogP contribution in [0.5, 0.6) is 0 Å². The van der Waals surface area contributed by atoms with Crippen LogP contribution in [-0.2, 0) is 20.7 Å². The van der Waals surface area contributed by atoms with Gasteiger partial charge in [0.05, 0.1) is 19.6 Å². The van der Waals surface area contributed by atoms with E-state index in [1.54, 1.807) is 0 Å². The Balaban J connectivity index is 1.69. The van der Waals surface area contributed by atoms with E-state index in [1.807, 2.05) is 25.1 Å². The van der Waals surface area contributed by atoms with Gasteiger partial charge in [-0.2, -0.15) is 0 Å².